The zero-order chi connectivity index (χ0) is 13.1. The van der Waals surface area contributed by atoms with Gasteiger partial charge >= 0.3 is 0 Å². The summed E-state index contributed by atoms with van der Waals surface area (Å²) < 4.78 is 0. The van der Waals surface area contributed by atoms with E-state index < -0.39 is 0 Å². The summed E-state index contributed by atoms with van der Waals surface area (Å²) in [6, 6.07) is 9.50. The fraction of sp³-hybridized carbons (Fsp3) is 0.471. The van der Waals surface area contributed by atoms with Gasteiger partial charge in [-0.3, -0.25) is 4.98 Å². The van der Waals surface area contributed by atoms with Gasteiger partial charge in [0.15, 0.2) is 0 Å². The van der Waals surface area contributed by atoms with Crippen LogP contribution in [0.15, 0.2) is 36.7 Å². The van der Waals surface area contributed by atoms with Gasteiger partial charge in [-0.05, 0) is 49.2 Å². The van der Waals surface area contributed by atoms with Crippen molar-refractivity contribution in [3.05, 3.63) is 42.2 Å². The third-order valence-corrected chi connectivity index (χ3v) is 4.49. The summed E-state index contributed by atoms with van der Waals surface area (Å²) in [5, 5.41) is 6.14. The molecule has 19 heavy (non-hydrogen) atoms. The highest BCUT2D eigenvalue weighted by Crippen LogP contribution is 2.35. The van der Waals surface area contributed by atoms with Crippen molar-refractivity contribution >= 4 is 10.8 Å². The van der Waals surface area contributed by atoms with Crippen LogP contribution in [0, 0.1) is 0 Å². The first-order chi connectivity index (χ1) is 9.38. The normalized spacial score (nSPS) is 24.3. The van der Waals surface area contributed by atoms with E-state index in [1.165, 1.54) is 48.4 Å². The van der Waals surface area contributed by atoms with Gasteiger partial charge in [-0.1, -0.05) is 31.0 Å². The van der Waals surface area contributed by atoms with Gasteiger partial charge in [0.2, 0.25) is 0 Å². The summed E-state index contributed by atoms with van der Waals surface area (Å²) in [4.78, 5) is 4.24. The van der Waals surface area contributed by atoms with Gasteiger partial charge in [0, 0.05) is 23.8 Å². The van der Waals surface area contributed by atoms with Crippen molar-refractivity contribution in [2.75, 3.05) is 7.05 Å². The number of benzene rings is 1. The first-order valence-corrected chi connectivity index (χ1v) is 7.38. The van der Waals surface area contributed by atoms with Crippen LogP contribution in [-0.4, -0.2) is 18.1 Å². The van der Waals surface area contributed by atoms with Gasteiger partial charge in [0.25, 0.3) is 0 Å². The van der Waals surface area contributed by atoms with Crippen molar-refractivity contribution in [1.82, 2.24) is 10.3 Å². The molecule has 0 bridgehead atoms. The second-order valence-electron chi connectivity index (χ2n) is 5.65. The lowest BCUT2D eigenvalue weighted by Gasteiger charge is -2.21. The zero-order valence-corrected chi connectivity index (χ0v) is 11.6. The molecule has 0 amide bonds. The van der Waals surface area contributed by atoms with E-state index in [0.29, 0.717) is 12.0 Å². The van der Waals surface area contributed by atoms with Gasteiger partial charge in [-0.2, -0.15) is 0 Å². The number of aromatic nitrogens is 1. The highest BCUT2D eigenvalue weighted by atomic mass is 14.9. The Hall–Kier alpha value is -1.41. The summed E-state index contributed by atoms with van der Waals surface area (Å²) >= 11 is 0. The van der Waals surface area contributed by atoms with E-state index in [1.54, 1.807) is 0 Å². The lowest BCUT2D eigenvalue weighted by atomic mass is 9.87. The topological polar surface area (TPSA) is 24.9 Å². The van der Waals surface area contributed by atoms with E-state index in [9.17, 15) is 0 Å². The molecule has 1 aliphatic rings. The van der Waals surface area contributed by atoms with E-state index >= 15 is 0 Å². The number of fused-ring (bicyclic) bond motifs is 1. The van der Waals surface area contributed by atoms with Crippen molar-refractivity contribution in [2.45, 2.75) is 44.1 Å². The molecular weight excluding hydrogens is 232 g/mol. The predicted octanol–water partition coefficient (Wildman–Crippen LogP) is 3.87. The molecule has 1 aromatic carbocycles. The van der Waals surface area contributed by atoms with Crippen molar-refractivity contribution in [3.8, 4) is 0 Å². The highest BCUT2D eigenvalue weighted by molar-refractivity contribution is 5.85. The van der Waals surface area contributed by atoms with Crippen molar-refractivity contribution in [3.63, 3.8) is 0 Å². The molecule has 2 nitrogen and oxygen atoms in total. The number of rotatable bonds is 2. The Labute approximate surface area is 115 Å². The van der Waals surface area contributed by atoms with Crippen LogP contribution >= 0.6 is 0 Å². The maximum Gasteiger partial charge on any atom is 0.0346 e. The van der Waals surface area contributed by atoms with Crippen LogP contribution in [0.5, 0.6) is 0 Å². The van der Waals surface area contributed by atoms with Crippen LogP contribution in [0.4, 0.5) is 0 Å². The van der Waals surface area contributed by atoms with Crippen LogP contribution in [0.3, 0.4) is 0 Å². The molecular formula is C17H22N2. The molecule has 1 aromatic heterocycles. The second-order valence-corrected chi connectivity index (χ2v) is 5.65. The van der Waals surface area contributed by atoms with Gasteiger partial charge in [-0.15, -0.1) is 0 Å². The Balaban J connectivity index is 1.98. The van der Waals surface area contributed by atoms with Gasteiger partial charge in [0.05, 0.1) is 0 Å². The largest absolute Gasteiger partial charge is 0.317 e. The molecule has 100 valence electrons. The molecule has 0 aliphatic heterocycles. The predicted molar refractivity (Wildman–Crippen MR) is 80.4 cm³/mol. The standard InChI is InChI=1S/C17H22N2/c1-18-15-7-3-2-5-13(11-15)16-8-4-6-14-12-19-10-9-17(14)16/h4,6,8-10,12-13,15,18H,2-3,5,7,11H2,1H3. The van der Waals surface area contributed by atoms with Crippen molar-refractivity contribution in [2.24, 2.45) is 0 Å². The zero-order valence-electron chi connectivity index (χ0n) is 11.6. The van der Waals surface area contributed by atoms with E-state index in [1.807, 2.05) is 12.4 Å². The third-order valence-electron chi connectivity index (χ3n) is 4.49. The molecule has 0 radical (unpaired) electrons. The lowest BCUT2D eigenvalue weighted by molar-refractivity contribution is 0.472. The van der Waals surface area contributed by atoms with E-state index in [0.717, 1.165) is 0 Å². The smallest absolute Gasteiger partial charge is 0.0346 e. The van der Waals surface area contributed by atoms with Crippen molar-refractivity contribution < 1.29 is 0 Å². The van der Waals surface area contributed by atoms with E-state index in [-0.39, 0.29) is 0 Å². The molecule has 2 atom stereocenters. The Morgan fingerprint density at radius 3 is 2.95 bits per heavy atom. The number of hydrogen-bond acceptors (Lipinski definition) is 2. The monoisotopic (exact) mass is 254 g/mol. The SMILES string of the molecule is CNC1CCCCC(c2cccc3cnccc23)C1. The quantitative estimate of drug-likeness (QED) is 0.823. The number of nitrogens with one attached hydrogen (secondary N) is 1. The Bertz CT molecular complexity index is 544. The number of nitrogens with zero attached hydrogens (tertiary/aromatic N) is 1. The minimum Gasteiger partial charge on any atom is -0.317 e. The third kappa shape index (κ3) is 2.64. The molecule has 0 spiro atoms. The summed E-state index contributed by atoms with van der Waals surface area (Å²) in [5.41, 5.74) is 1.52. The van der Waals surface area contributed by atoms with Gasteiger partial charge in [-0.25, -0.2) is 0 Å². The number of pyridine rings is 1. The minimum atomic E-state index is 0.671. The van der Waals surface area contributed by atoms with Crippen LogP contribution in [0.1, 0.15) is 43.6 Å². The Kier molecular flexibility index (Phi) is 3.79. The fourth-order valence-electron chi connectivity index (χ4n) is 3.41. The molecule has 0 saturated heterocycles. The van der Waals surface area contributed by atoms with E-state index in [2.05, 4.69) is 41.6 Å². The van der Waals surface area contributed by atoms with Crippen LogP contribution in [-0.2, 0) is 0 Å². The fourth-order valence-corrected chi connectivity index (χ4v) is 3.41. The summed E-state index contributed by atoms with van der Waals surface area (Å²) in [7, 11) is 2.10. The molecule has 1 aliphatic carbocycles. The molecule has 2 aromatic rings. The average molecular weight is 254 g/mol. The Morgan fingerprint density at radius 1 is 1.16 bits per heavy atom. The first-order valence-electron chi connectivity index (χ1n) is 7.38. The molecule has 1 fully saturated rings. The summed E-state index contributed by atoms with van der Waals surface area (Å²) in [6.45, 7) is 0. The van der Waals surface area contributed by atoms with Crippen molar-refractivity contribution in [1.29, 1.82) is 0 Å². The van der Waals surface area contributed by atoms with Crippen LogP contribution in [0.2, 0.25) is 0 Å². The van der Waals surface area contributed by atoms with Gasteiger partial charge < -0.3 is 5.32 Å². The highest BCUT2D eigenvalue weighted by Gasteiger charge is 2.21. The second kappa shape index (κ2) is 5.70. The maximum atomic E-state index is 4.24. The molecule has 1 heterocycles. The average Bonchev–Trinajstić information content (AvgIpc) is 2.72. The first kappa shape index (κ1) is 12.6. The molecule has 1 N–H and O–H groups in total. The summed E-state index contributed by atoms with van der Waals surface area (Å²) in [6.07, 6.45) is 10.5. The van der Waals surface area contributed by atoms with Gasteiger partial charge in [0.1, 0.15) is 0 Å². The minimum absolute atomic E-state index is 0.671. The maximum absolute atomic E-state index is 4.24. The molecule has 2 heteroatoms. The number of hydrogen-bond donors (Lipinski definition) is 1. The molecule has 3 rings (SSSR count). The van der Waals surface area contributed by atoms with Crippen LogP contribution in [0.25, 0.3) is 10.8 Å². The van der Waals surface area contributed by atoms with E-state index in [4.69, 9.17) is 0 Å². The molecule has 2 unspecified atom stereocenters. The lowest BCUT2D eigenvalue weighted by Crippen LogP contribution is -2.25. The van der Waals surface area contributed by atoms with Crippen LogP contribution < -0.4 is 5.32 Å². The Morgan fingerprint density at radius 2 is 2.05 bits per heavy atom. The summed E-state index contributed by atoms with van der Waals surface area (Å²) in [5.74, 6) is 0.686. The molecule has 1 saturated carbocycles.